The van der Waals surface area contributed by atoms with Crippen LogP contribution in [0.3, 0.4) is 0 Å². The molecule has 5 aliphatic rings. The third-order valence-corrected chi connectivity index (χ3v) is 17.3. The van der Waals surface area contributed by atoms with Crippen molar-refractivity contribution in [3.8, 4) is 0 Å². The SMILES string of the molecule is COC1CCC([Si](C)(C)[C@@H]2[C@@H](CC(=O)N(CCO)CC3CCCCC3)O[C@]3(C(=O)N(C)C4=C3CCCC4)[C@H]2C)CC1. The van der Waals surface area contributed by atoms with Gasteiger partial charge in [-0.25, -0.2) is 0 Å². The Labute approximate surface area is 249 Å². The second-order valence-corrected chi connectivity index (χ2v) is 19.6. The predicted molar refractivity (Wildman–Crippen MR) is 164 cm³/mol. The van der Waals surface area contributed by atoms with Crippen LogP contribution in [0.2, 0.25) is 24.2 Å². The van der Waals surface area contributed by atoms with E-state index in [4.69, 9.17) is 9.47 Å². The van der Waals surface area contributed by atoms with Crippen molar-refractivity contribution in [3.05, 3.63) is 11.3 Å². The van der Waals surface area contributed by atoms with Gasteiger partial charge in [-0.1, -0.05) is 52.1 Å². The molecule has 1 N–H and O–H groups in total. The van der Waals surface area contributed by atoms with E-state index in [1.807, 2.05) is 24.0 Å². The summed E-state index contributed by atoms with van der Waals surface area (Å²) in [6, 6.07) is 0. The number of hydrogen-bond acceptors (Lipinski definition) is 5. The van der Waals surface area contributed by atoms with E-state index in [0.717, 1.165) is 57.9 Å². The van der Waals surface area contributed by atoms with Crippen LogP contribution in [-0.4, -0.2) is 86.5 Å². The molecule has 0 aromatic heterocycles. The first kappa shape index (κ1) is 31.2. The smallest absolute Gasteiger partial charge is 0.263 e. The number of methoxy groups -OCH3 is 1. The van der Waals surface area contributed by atoms with Crippen molar-refractivity contribution in [1.82, 2.24) is 9.80 Å². The zero-order valence-corrected chi connectivity index (χ0v) is 27.5. The summed E-state index contributed by atoms with van der Waals surface area (Å²) < 4.78 is 12.9. The van der Waals surface area contributed by atoms with Crippen molar-refractivity contribution >= 4 is 19.9 Å². The molecule has 7 nitrogen and oxygen atoms in total. The minimum absolute atomic E-state index is 0.0176. The molecule has 2 saturated carbocycles. The first-order valence-electron chi connectivity index (χ1n) is 16.7. The first-order chi connectivity index (χ1) is 19.6. The molecule has 0 aromatic carbocycles. The van der Waals surface area contributed by atoms with Gasteiger partial charge in [-0.15, -0.1) is 0 Å². The highest BCUT2D eigenvalue weighted by Crippen LogP contribution is 2.61. The molecule has 8 heteroatoms. The van der Waals surface area contributed by atoms with Gasteiger partial charge in [0, 0.05) is 38.9 Å². The minimum Gasteiger partial charge on any atom is -0.395 e. The van der Waals surface area contributed by atoms with Crippen LogP contribution in [0.15, 0.2) is 11.3 Å². The summed E-state index contributed by atoms with van der Waals surface area (Å²) in [5.41, 5.74) is 2.32. The van der Waals surface area contributed by atoms with Gasteiger partial charge < -0.3 is 24.4 Å². The Kier molecular flexibility index (Phi) is 9.74. The van der Waals surface area contributed by atoms with Gasteiger partial charge in [-0.05, 0) is 73.9 Å². The van der Waals surface area contributed by atoms with Gasteiger partial charge in [-0.2, -0.15) is 0 Å². The third kappa shape index (κ3) is 5.72. The second-order valence-electron chi connectivity index (χ2n) is 14.5. The lowest BCUT2D eigenvalue weighted by molar-refractivity contribution is -0.151. The summed E-state index contributed by atoms with van der Waals surface area (Å²) in [5, 5.41) is 9.89. The van der Waals surface area contributed by atoms with Gasteiger partial charge in [-0.3, -0.25) is 9.59 Å². The summed E-state index contributed by atoms with van der Waals surface area (Å²) in [7, 11) is 1.77. The van der Waals surface area contributed by atoms with E-state index in [1.165, 1.54) is 43.4 Å². The number of hydrogen-bond donors (Lipinski definition) is 1. The quantitative estimate of drug-likeness (QED) is 0.340. The van der Waals surface area contributed by atoms with E-state index >= 15 is 0 Å². The molecule has 41 heavy (non-hydrogen) atoms. The number of nitrogens with zero attached hydrogens (tertiary/aromatic N) is 2. The van der Waals surface area contributed by atoms with E-state index in [1.54, 1.807) is 0 Å². The topological polar surface area (TPSA) is 79.3 Å². The van der Waals surface area contributed by atoms with Gasteiger partial charge in [0.25, 0.3) is 5.91 Å². The standard InChI is InChI=1S/C33H56N2O5Si/c1-23-31(41(4,5)26-17-15-25(39-3)16-18-26)29(21-30(37)35(19-20-36)22-24-11-7-6-8-12-24)40-33(23)27-13-9-10-14-28(27)34(2)32(33)38/h23-26,29,31,36H,6-22H2,1-5H3/t23-,25?,26?,29+,31-,33+/m0/s1. The molecule has 0 unspecified atom stereocenters. The van der Waals surface area contributed by atoms with Gasteiger partial charge >= 0.3 is 0 Å². The lowest BCUT2D eigenvalue weighted by Gasteiger charge is -2.45. The zero-order valence-electron chi connectivity index (χ0n) is 26.5. The van der Waals surface area contributed by atoms with Crippen molar-refractivity contribution < 1.29 is 24.2 Å². The Hall–Kier alpha value is -1.22. The number of aliphatic hydroxyl groups is 1. The van der Waals surface area contributed by atoms with Crippen LogP contribution in [0.5, 0.6) is 0 Å². The van der Waals surface area contributed by atoms with Crippen molar-refractivity contribution in [1.29, 1.82) is 0 Å². The summed E-state index contributed by atoms with van der Waals surface area (Å²) in [6.45, 7) is 8.39. The lowest BCUT2D eigenvalue weighted by Crippen LogP contribution is -2.50. The monoisotopic (exact) mass is 588 g/mol. The zero-order chi connectivity index (χ0) is 29.4. The van der Waals surface area contributed by atoms with Crippen LogP contribution in [0, 0.1) is 11.8 Å². The molecule has 0 bridgehead atoms. The normalized spacial score (nSPS) is 34.9. The Morgan fingerprint density at radius 3 is 2.41 bits per heavy atom. The molecular weight excluding hydrogens is 532 g/mol. The summed E-state index contributed by atoms with van der Waals surface area (Å²) in [6.07, 6.45) is 15.1. The Morgan fingerprint density at radius 2 is 1.76 bits per heavy atom. The maximum absolute atomic E-state index is 14.2. The fraction of sp³-hybridized carbons (Fsp3) is 0.879. The number of carbonyl (C=O) groups is 2. The Morgan fingerprint density at radius 1 is 1.07 bits per heavy atom. The van der Waals surface area contributed by atoms with E-state index in [0.29, 0.717) is 30.5 Å². The number of aliphatic hydroxyl groups excluding tert-OH is 1. The van der Waals surface area contributed by atoms with Gasteiger partial charge in [0.2, 0.25) is 5.91 Å². The van der Waals surface area contributed by atoms with Gasteiger partial charge in [0.15, 0.2) is 5.60 Å². The summed E-state index contributed by atoms with van der Waals surface area (Å²) >= 11 is 0. The van der Waals surface area contributed by atoms with Crippen LogP contribution in [0.1, 0.15) is 96.8 Å². The van der Waals surface area contributed by atoms with Crippen LogP contribution in [0.25, 0.3) is 0 Å². The van der Waals surface area contributed by atoms with Crippen LogP contribution in [-0.2, 0) is 19.1 Å². The lowest BCUT2D eigenvalue weighted by atomic mass is 9.78. The van der Waals surface area contributed by atoms with E-state index < -0.39 is 13.7 Å². The molecule has 0 aromatic rings. The number of rotatable bonds is 9. The third-order valence-electron chi connectivity index (χ3n) is 12.1. The highest BCUT2D eigenvalue weighted by Gasteiger charge is 2.67. The average Bonchev–Trinajstić information content (AvgIpc) is 3.39. The maximum atomic E-state index is 14.2. The minimum atomic E-state index is -2.00. The van der Waals surface area contributed by atoms with Crippen molar-refractivity contribution in [2.75, 3.05) is 33.9 Å². The Bertz CT molecular complexity index is 986. The molecule has 1 saturated heterocycles. The number of fused-ring (bicyclic) bond motifs is 1. The average molecular weight is 589 g/mol. The van der Waals surface area contributed by atoms with E-state index in [9.17, 15) is 14.7 Å². The number of ether oxygens (including phenoxy) is 2. The molecule has 232 valence electrons. The van der Waals surface area contributed by atoms with Gasteiger partial charge in [0.1, 0.15) is 0 Å². The molecule has 3 aliphatic carbocycles. The summed E-state index contributed by atoms with van der Waals surface area (Å²) in [5.74, 6) is 0.756. The Balaban J connectivity index is 1.45. The molecule has 0 radical (unpaired) electrons. The van der Waals surface area contributed by atoms with Crippen molar-refractivity contribution in [2.24, 2.45) is 11.8 Å². The molecule has 5 rings (SSSR count). The molecule has 4 atom stereocenters. The molecule has 3 fully saturated rings. The molecular formula is C33H56N2O5Si. The van der Waals surface area contributed by atoms with Crippen molar-refractivity contribution in [3.63, 3.8) is 0 Å². The van der Waals surface area contributed by atoms with Crippen LogP contribution in [0.4, 0.5) is 0 Å². The number of carbonyl (C=O) groups excluding carboxylic acids is 2. The molecule has 2 aliphatic heterocycles. The maximum Gasteiger partial charge on any atom is 0.263 e. The highest BCUT2D eigenvalue weighted by atomic mass is 28.3. The van der Waals surface area contributed by atoms with Crippen LogP contribution >= 0.6 is 0 Å². The summed E-state index contributed by atoms with van der Waals surface area (Å²) in [4.78, 5) is 32.1. The number of amides is 2. The molecule has 1 spiro atoms. The fourth-order valence-corrected chi connectivity index (χ4v) is 14.8. The fourth-order valence-electron chi connectivity index (χ4n) is 9.77. The largest absolute Gasteiger partial charge is 0.395 e. The van der Waals surface area contributed by atoms with Crippen LogP contribution < -0.4 is 0 Å². The second kappa shape index (κ2) is 12.8. The van der Waals surface area contributed by atoms with E-state index in [-0.39, 0.29) is 36.0 Å². The van der Waals surface area contributed by atoms with Gasteiger partial charge in [0.05, 0.1) is 33.3 Å². The molecule has 2 amide bonds. The van der Waals surface area contributed by atoms with Crippen molar-refractivity contribution in [2.45, 2.75) is 139 Å². The van der Waals surface area contributed by atoms with E-state index in [2.05, 4.69) is 20.0 Å². The highest BCUT2D eigenvalue weighted by molar-refractivity contribution is 6.80. The predicted octanol–water partition coefficient (Wildman–Crippen LogP) is 5.89. The number of likely N-dealkylation sites (N-methyl/N-ethyl adjacent to an activating group) is 1. The first-order valence-corrected chi connectivity index (χ1v) is 19.9. The molecule has 2 heterocycles. The number of allylic oxidation sites excluding steroid dienone is 1.